The number of benzene rings is 1. The number of anilines is 1. The monoisotopic (exact) mass is 177 g/mol. The van der Waals surface area contributed by atoms with Crippen molar-refractivity contribution < 1.29 is 4.84 Å². The molecule has 1 aliphatic rings. The molecule has 0 aliphatic carbocycles. The van der Waals surface area contributed by atoms with Gasteiger partial charge in [-0.3, -0.25) is 10.2 Å². The van der Waals surface area contributed by atoms with Gasteiger partial charge in [0.15, 0.2) is 5.84 Å². The molecule has 0 amide bonds. The number of para-hydroxylation sites is 1. The minimum atomic E-state index is 0.400. The van der Waals surface area contributed by atoms with E-state index in [9.17, 15) is 0 Å². The Labute approximate surface area is 76.6 Å². The fourth-order valence-corrected chi connectivity index (χ4v) is 1.37. The van der Waals surface area contributed by atoms with E-state index in [1.54, 1.807) is 7.11 Å². The predicted octanol–water partition coefficient (Wildman–Crippen LogP) is 1.26. The van der Waals surface area contributed by atoms with Crippen LogP contribution < -0.4 is 5.32 Å². The van der Waals surface area contributed by atoms with Gasteiger partial charge in [-0.1, -0.05) is 12.1 Å². The second-order valence-electron chi connectivity index (χ2n) is 2.79. The van der Waals surface area contributed by atoms with Crippen molar-refractivity contribution >= 4 is 11.5 Å². The van der Waals surface area contributed by atoms with Crippen molar-refractivity contribution in [2.24, 2.45) is 0 Å². The quantitative estimate of drug-likeness (QED) is 0.679. The number of hydrogen-bond donors (Lipinski definition) is 2. The fourth-order valence-electron chi connectivity index (χ4n) is 1.37. The van der Waals surface area contributed by atoms with Crippen molar-refractivity contribution in [3.63, 3.8) is 0 Å². The van der Waals surface area contributed by atoms with Gasteiger partial charge in [0.2, 0.25) is 0 Å². The van der Waals surface area contributed by atoms with Crippen LogP contribution in [0.1, 0.15) is 5.56 Å². The largest absolute Gasteiger partial charge is 0.365 e. The number of hydroxylamine groups is 2. The van der Waals surface area contributed by atoms with Gasteiger partial charge in [0.25, 0.3) is 0 Å². The first-order valence-corrected chi connectivity index (χ1v) is 4.06. The van der Waals surface area contributed by atoms with Gasteiger partial charge in [0.05, 0.1) is 7.11 Å². The van der Waals surface area contributed by atoms with E-state index >= 15 is 0 Å². The highest BCUT2D eigenvalue weighted by atomic mass is 16.7. The van der Waals surface area contributed by atoms with Gasteiger partial charge < -0.3 is 5.32 Å². The zero-order valence-corrected chi connectivity index (χ0v) is 7.37. The maximum Gasteiger partial charge on any atom is 0.156 e. The zero-order valence-electron chi connectivity index (χ0n) is 7.37. The van der Waals surface area contributed by atoms with E-state index in [1.165, 1.54) is 5.06 Å². The maximum atomic E-state index is 7.79. The Bertz CT molecular complexity index is 337. The normalized spacial score (nSPS) is 15.2. The van der Waals surface area contributed by atoms with Crippen molar-refractivity contribution in [1.29, 1.82) is 5.41 Å². The van der Waals surface area contributed by atoms with Crippen molar-refractivity contribution in [3.05, 3.63) is 29.8 Å². The molecular formula is C9H11N3O. The number of fused-ring (bicyclic) bond motifs is 1. The molecule has 68 valence electrons. The van der Waals surface area contributed by atoms with Gasteiger partial charge in [-0.05, 0) is 12.1 Å². The van der Waals surface area contributed by atoms with Crippen LogP contribution in [0, 0.1) is 5.41 Å². The molecule has 0 radical (unpaired) electrons. The molecule has 0 spiro atoms. The van der Waals surface area contributed by atoms with E-state index in [2.05, 4.69) is 5.32 Å². The van der Waals surface area contributed by atoms with Crippen LogP contribution in [-0.4, -0.2) is 24.7 Å². The molecule has 0 bridgehead atoms. The summed E-state index contributed by atoms with van der Waals surface area (Å²) >= 11 is 0. The van der Waals surface area contributed by atoms with E-state index in [4.69, 9.17) is 10.2 Å². The minimum absolute atomic E-state index is 0.400. The Morgan fingerprint density at radius 3 is 3.00 bits per heavy atom. The Balaban J connectivity index is 2.39. The number of amidine groups is 1. The summed E-state index contributed by atoms with van der Waals surface area (Å²) in [6.07, 6.45) is 0. The summed E-state index contributed by atoms with van der Waals surface area (Å²) in [7, 11) is 1.56. The van der Waals surface area contributed by atoms with E-state index in [-0.39, 0.29) is 0 Å². The Morgan fingerprint density at radius 2 is 2.23 bits per heavy atom. The molecule has 0 saturated heterocycles. The number of rotatable bonds is 1. The highest BCUT2D eigenvalue weighted by molar-refractivity contribution is 6.02. The topological polar surface area (TPSA) is 48.4 Å². The van der Waals surface area contributed by atoms with Crippen LogP contribution >= 0.6 is 0 Å². The van der Waals surface area contributed by atoms with Crippen LogP contribution in [-0.2, 0) is 4.84 Å². The van der Waals surface area contributed by atoms with Gasteiger partial charge in [0, 0.05) is 11.3 Å². The van der Waals surface area contributed by atoms with Gasteiger partial charge >= 0.3 is 0 Å². The first kappa shape index (κ1) is 8.07. The van der Waals surface area contributed by atoms with Gasteiger partial charge in [0.1, 0.15) is 6.67 Å². The van der Waals surface area contributed by atoms with E-state index < -0.39 is 0 Å². The summed E-state index contributed by atoms with van der Waals surface area (Å²) in [4.78, 5) is 5.01. The number of hydrogen-bond acceptors (Lipinski definition) is 3. The van der Waals surface area contributed by atoms with Gasteiger partial charge in [-0.25, -0.2) is 5.06 Å². The third kappa shape index (κ3) is 1.25. The molecule has 0 saturated carbocycles. The van der Waals surface area contributed by atoms with Crippen LogP contribution in [0.15, 0.2) is 24.3 Å². The third-order valence-corrected chi connectivity index (χ3v) is 2.07. The summed E-state index contributed by atoms with van der Waals surface area (Å²) in [6.45, 7) is 0.520. The molecule has 2 rings (SSSR count). The van der Waals surface area contributed by atoms with Crippen LogP contribution in [0.25, 0.3) is 0 Å². The molecule has 1 aromatic carbocycles. The average molecular weight is 177 g/mol. The van der Waals surface area contributed by atoms with Crippen LogP contribution in [0.3, 0.4) is 0 Å². The van der Waals surface area contributed by atoms with Crippen molar-refractivity contribution in [1.82, 2.24) is 5.06 Å². The second-order valence-corrected chi connectivity index (χ2v) is 2.79. The van der Waals surface area contributed by atoms with Crippen LogP contribution in [0.4, 0.5) is 5.69 Å². The Kier molecular flexibility index (Phi) is 1.90. The lowest BCUT2D eigenvalue weighted by atomic mass is 10.1. The van der Waals surface area contributed by atoms with E-state index in [1.807, 2.05) is 24.3 Å². The molecule has 0 unspecified atom stereocenters. The average Bonchev–Trinajstić information content (AvgIpc) is 2.19. The Hall–Kier alpha value is -1.55. The van der Waals surface area contributed by atoms with Crippen molar-refractivity contribution in [2.75, 3.05) is 19.1 Å². The molecule has 13 heavy (non-hydrogen) atoms. The summed E-state index contributed by atoms with van der Waals surface area (Å²) in [6, 6.07) is 7.71. The molecule has 1 heterocycles. The van der Waals surface area contributed by atoms with Gasteiger partial charge in [-0.15, -0.1) is 0 Å². The fraction of sp³-hybridized carbons (Fsp3) is 0.222. The molecule has 0 atom stereocenters. The van der Waals surface area contributed by atoms with Crippen LogP contribution in [0.5, 0.6) is 0 Å². The highest BCUT2D eigenvalue weighted by Gasteiger charge is 2.19. The standard InChI is InChI=1S/C9H11N3O/c1-13-12-6-11-8-5-3-2-4-7(8)9(12)10/h2-5,10-11H,6H2,1H3. The first-order valence-electron chi connectivity index (χ1n) is 4.06. The molecule has 1 aromatic rings. The maximum absolute atomic E-state index is 7.79. The summed E-state index contributed by atoms with van der Waals surface area (Å²) in [5.41, 5.74) is 1.86. The lowest BCUT2D eigenvalue weighted by Gasteiger charge is -2.29. The molecule has 0 fully saturated rings. The SMILES string of the molecule is CON1CNc2ccccc2C1=N. The predicted molar refractivity (Wildman–Crippen MR) is 50.6 cm³/mol. The van der Waals surface area contributed by atoms with Crippen molar-refractivity contribution in [2.45, 2.75) is 0 Å². The molecule has 0 aromatic heterocycles. The molecule has 4 heteroatoms. The van der Waals surface area contributed by atoms with Gasteiger partial charge in [-0.2, -0.15) is 0 Å². The molecule has 1 aliphatic heterocycles. The molecular weight excluding hydrogens is 166 g/mol. The number of nitrogens with zero attached hydrogens (tertiary/aromatic N) is 1. The van der Waals surface area contributed by atoms with E-state index in [0.29, 0.717) is 12.5 Å². The smallest absolute Gasteiger partial charge is 0.156 e. The van der Waals surface area contributed by atoms with E-state index in [0.717, 1.165) is 11.3 Å². The molecule has 2 N–H and O–H groups in total. The second kappa shape index (κ2) is 3.06. The lowest BCUT2D eigenvalue weighted by Crippen LogP contribution is -2.38. The summed E-state index contributed by atoms with van der Waals surface area (Å²) in [5, 5.41) is 12.4. The third-order valence-electron chi connectivity index (χ3n) is 2.07. The first-order chi connectivity index (χ1) is 6.33. The Morgan fingerprint density at radius 1 is 1.46 bits per heavy atom. The number of nitrogens with one attached hydrogen (secondary N) is 2. The highest BCUT2D eigenvalue weighted by Crippen LogP contribution is 2.20. The van der Waals surface area contributed by atoms with Crippen LogP contribution in [0.2, 0.25) is 0 Å². The lowest BCUT2D eigenvalue weighted by molar-refractivity contribution is -0.0602. The summed E-state index contributed by atoms with van der Waals surface area (Å²) < 4.78 is 0. The summed E-state index contributed by atoms with van der Waals surface area (Å²) in [5.74, 6) is 0.400. The molecule has 4 nitrogen and oxygen atoms in total. The minimum Gasteiger partial charge on any atom is -0.365 e. The zero-order chi connectivity index (χ0) is 9.26. The van der Waals surface area contributed by atoms with Crippen molar-refractivity contribution in [3.8, 4) is 0 Å².